The number of anilines is 3. The van der Waals surface area contributed by atoms with Gasteiger partial charge in [-0.15, -0.1) is 0 Å². The molecule has 18 heavy (non-hydrogen) atoms. The summed E-state index contributed by atoms with van der Waals surface area (Å²) in [7, 11) is 0. The number of halogens is 2. The summed E-state index contributed by atoms with van der Waals surface area (Å²) < 4.78 is 13.2. The number of benzene rings is 1. The maximum Gasteiger partial charge on any atom is 0.139 e. The molecular weight excluding hydrogens is 255 g/mol. The number of aromatic nitrogens is 2. The fourth-order valence-corrected chi connectivity index (χ4v) is 1.76. The normalized spacial score (nSPS) is 10.4. The number of nitrogens with one attached hydrogen (secondary N) is 1. The van der Waals surface area contributed by atoms with E-state index in [1.54, 1.807) is 19.9 Å². The summed E-state index contributed by atoms with van der Waals surface area (Å²) in [4.78, 5) is 8.26. The summed E-state index contributed by atoms with van der Waals surface area (Å²) in [5, 5.41) is 3.29. The summed E-state index contributed by atoms with van der Waals surface area (Å²) in [6.07, 6.45) is 0. The first kappa shape index (κ1) is 12.6. The molecule has 0 aliphatic rings. The van der Waals surface area contributed by atoms with Gasteiger partial charge in [-0.25, -0.2) is 14.4 Å². The molecule has 0 aliphatic carbocycles. The minimum Gasteiger partial charge on any atom is -0.383 e. The van der Waals surface area contributed by atoms with E-state index in [4.69, 9.17) is 17.3 Å². The summed E-state index contributed by atoms with van der Waals surface area (Å²) in [6.45, 7) is 3.53. The van der Waals surface area contributed by atoms with Crippen LogP contribution in [0.25, 0.3) is 0 Å². The van der Waals surface area contributed by atoms with Crippen LogP contribution in [0.4, 0.5) is 21.7 Å². The SMILES string of the molecule is Cc1nc(N)c(C)c(Nc2cc(F)cc(Cl)c2)n1. The van der Waals surface area contributed by atoms with Crippen LogP contribution in [-0.4, -0.2) is 9.97 Å². The van der Waals surface area contributed by atoms with Gasteiger partial charge in [0.05, 0.1) is 0 Å². The van der Waals surface area contributed by atoms with Crippen molar-refractivity contribution in [1.29, 1.82) is 0 Å². The van der Waals surface area contributed by atoms with Gasteiger partial charge >= 0.3 is 0 Å². The first-order chi connectivity index (χ1) is 8.45. The van der Waals surface area contributed by atoms with Crippen molar-refractivity contribution in [2.45, 2.75) is 13.8 Å². The molecule has 0 radical (unpaired) electrons. The van der Waals surface area contributed by atoms with Crippen LogP contribution >= 0.6 is 11.6 Å². The molecule has 0 unspecified atom stereocenters. The molecule has 6 heteroatoms. The first-order valence-corrected chi connectivity index (χ1v) is 5.67. The Morgan fingerprint density at radius 2 is 1.94 bits per heavy atom. The Morgan fingerprint density at radius 1 is 1.22 bits per heavy atom. The van der Waals surface area contributed by atoms with Gasteiger partial charge < -0.3 is 11.1 Å². The molecule has 3 N–H and O–H groups in total. The van der Waals surface area contributed by atoms with E-state index in [0.29, 0.717) is 33.7 Å². The van der Waals surface area contributed by atoms with Gasteiger partial charge in [0.25, 0.3) is 0 Å². The van der Waals surface area contributed by atoms with Crippen molar-refractivity contribution < 1.29 is 4.39 Å². The second-order valence-electron chi connectivity index (χ2n) is 3.91. The number of hydrogen-bond donors (Lipinski definition) is 2. The van der Waals surface area contributed by atoms with E-state index in [0.717, 1.165) is 0 Å². The van der Waals surface area contributed by atoms with Gasteiger partial charge in [-0.1, -0.05) is 11.6 Å². The van der Waals surface area contributed by atoms with Gasteiger partial charge in [0.15, 0.2) is 0 Å². The Kier molecular flexibility index (Phi) is 3.34. The van der Waals surface area contributed by atoms with E-state index in [9.17, 15) is 4.39 Å². The third kappa shape index (κ3) is 2.68. The number of rotatable bonds is 2. The van der Waals surface area contributed by atoms with Gasteiger partial charge in [-0.3, -0.25) is 0 Å². The third-order valence-corrected chi connectivity index (χ3v) is 2.64. The largest absolute Gasteiger partial charge is 0.383 e. The number of nitrogens with two attached hydrogens (primary N) is 1. The molecule has 0 atom stereocenters. The molecule has 2 aromatic rings. The third-order valence-electron chi connectivity index (χ3n) is 2.42. The molecule has 4 nitrogen and oxygen atoms in total. The molecule has 1 aromatic carbocycles. The van der Waals surface area contributed by atoms with Crippen LogP contribution in [0.5, 0.6) is 0 Å². The molecule has 1 heterocycles. The quantitative estimate of drug-likeness (QED) is 0.876. The zero-order chi connectivity index (χ0) is 13.3. The summed E-state index contributed by atoms with van der Waals surface area (Å²) in [6, 6.07) is 4.18. The lowest BCUT2D eigenvalue weighted by molar-refractivity contribution is 0.628. The Bertz CT molecular complexity index is 581. The highest BCUT2D eigenvalue weighted by Crippen LogP contribution is 2.24. The van der Waals surface area contributed by atoms with Crippen molar-refractivity contribution in [2.24, 2.45) is 0 Å². The van der Waals surface area contributed by atoms with E-state index in [1.165, 1.54) is 12.1 Å². The molecule has 0 saturated heterocycles. The minimum absolute atomic E-state index is 0.314. The smallest absolute Gasteiger partial charge is 0.139 e. The van der Waals surface area contributed by atoms with Crippen molar-refractivity contribution in [2.75, 3.05) is 11.1 Å². The Hall–Kier alpha value is -1.88. The molecule has 2 rings (SSSR count). The van der Waals surface area contributed by atoms with Crippen molar-refractivity contribution in [3.63, 3.8) is 0 Å². The van der Waals surface area contributed by atoms with Gasteiger partial charge in [0.1, 0.15) is 23.3 Å². The van der Waals surface area contributed by atoms with Crippen molar-refractivity contribution >= 4 is 28.9 Å². The van der Waals surface area contributed by atoms with Crippen LogP contribution in [0.1, 0.15) is 11.4 Å². The molecular formula is C12H12ClFN4. The van der Waals surface area contributed by atoms with E-state index in [-0.39, 0.29) is 0 Å². The molecule has 94 valence electrons. The van der Waals surface area contributed by atoms with E-state index < -0.39 is 5.82 Å². The molecule has 0 amide bonds. The lowest BCUT2D eigenvalue weighted by Gasteiger charge is -2.11. The van der Waals surface area contributed by atoms with Crippen molar-refractivity contribution in [3.05, 3.63) is 40.4 Å². The highest BCUT2D eigenvalue weighted by molar-refractivity contribution is 6.30. The van der Waals surface area contributed by atoms with Crippen LogP contribution in [0.2, 0.25) is 5.02 Å². The Labute approximate surface area is 109 Å². The molecule has 0 saturated carbocycles. The first-order valence-electron chi connectivity index (χ1n) is 5.29. The summed E-state index contributed by atoms with van der Waals surface area (Å²) >= 11 is 5.78. The average molecular weight is 267 g/mol. The topological polar surface area (TPSA) is 63.8 Å². The monoisotopic (exact) mass is 266 g/mol. The van der Waals surface area contributed by atoms with Crippen LogP contribution in [-0.2, 0) is 0 Å². The van der Waals surface area contributed by atoms with E-state index in [1.807, 2.05) is 0 Å². The maximum absolute atomic E-state index is 13.2. The van der Waals surface area contributed by atoms with E-state index in [2.05, 4.69) is 15.3 Å². The number of nitrogens with zero attached hydrogens (tertiary/aromatic N) is 2. The van der Waals surface area contributed by atoms with Gasteiger partial charge in [0, 0.05) is 16.3 Å². The molecule has 0 spiro atoms. The van der Waals surface area contributed by atoms with Crippen LogP contribution in [0.15, 0.2) is 18.2 Å². The fourth-order valence-electron chi connectivity index (χ4n) is 1.53. The number of nitrogen functional groups attached to an aromatic ring is 1. The Morgan fingerprint density at radius 3 is 2.61 bits per heavy atom. The zero-order valence-electron chi connectivity index (χ0n) is 9.96. The van der Waals surface area contributed by atoms with Crippen molar-refractivity contribution in [1.82, 2.24) is 9.97 Å². The summed E-state index contributed by atoms with van der Waals surface area (Å²) in [5.74, 6) is 1.07. The van der Waals surface area contributed by atoms with E-state index >= 15 is 0 Å². The number of aryl methyl sites for hydroxylation is 1. The van der Waals surface area contributed by atoms with Crippen molar-refractivity contribution in [3.8, 4) is 0 Å². The predicted octanol–water partition coefficient (Wildman–Crippen LogP) is 3.21. The zero-order valence-corrected chi connectivity index (χ0v) is 10.7. The second-order valence-corrected chi connectivity index (χ2v) is 4.35. The minimum atomic E-state index is -0.415. The second kappa shape index (κ2) is 4.78. The Balaban J connectivity index is 2.39. The fraction of sp³-hybridized carbons (Fsp3) is 0.167. The van der Waals surface area contributed by atoms with Gasteiger partial charge in [-0.2, -0.15) is 0 Å². The lowest BCUT2D eigenvalue weighted by Crippen LogP contribution is -2.05. The maximum atomic E-state index is 13.2. The van der Waals surface area contributed by atoms with Gasteiger partial charge in [0.2, 0.25) is 0 Å². The average Bonchev–Trinajstić information content (AvgIpc) is 2.23. The lowest BCUT2D eigenvalue weighted by atomic mass is 10.2. The van der Waals surface area contributed by atoms with Gasteiger partial charge in [-0.05, 0) is 32.0 Å². The highest BCUT2D eigenvalue weighted by Gasteiger charge is 2.08. The predicted molar refractivity (Wildman–Crippen MR) is 70.6 cm³/mol. The number of hydrogen-bond acceptors (Lipinski definition) is 4. The highest BCUT2D eigenvalue weighted by atomic mass is 35.5. The van der Waals surface area contributed by atoms with Crippen LogP contribution in [0, 0.1) is 19.7 Å². The molecule has 0 aliphatic heterocycles. The molecule has 0 fully saturated rings. The summed E-state index contributed by atoms with van der Waals surface area (Å²) in [5.41, 5.74) is 6.97. The van der Waals surface area contributed by atoms with Crippen LogP contribution in [0.3, 0.4) is 0 Å². The molecule has 1 aromatic heterocycles. The van der Waals surface area contributed by atoms with Crippen LogP contribution < -0.4 is 11.1 Å². The molecule has 0 bridgehead atoms. The standard InChI is InChI=1S/C12H12ClFN4/c1-6-11(15)16-7(2)17-12(6)18-10-4-8(13)3-9(14)5-10/h3-5H,1-2H3,(H3,15,16,17,18).